The third kappa shape index (κ3) is 9.91. The van der Waals surface area contributed by atoms with Gasteiger partial charge in [-0.3, -0.25) is 4.99 Å². The van der Waals surface area contributed by atoms with E-state index in [0.29, 0.717) is 45.2 Å². The van der Waals surface area contributed by atoms with Crippen LogP contribution in [0.5, 0.6) is 5.75 Å². The number of hydrogen-bond donors (Lipinski definition) is 2. The van der Waals surface area contributed by atoms with Crippen molar-refractivity contribution in [2.24, 2.45) is 4.99 Å². The second-order valence-corrected chi connectivity index (χ2v) is 8.20. The van der Waals surface area contributed by atoms with Gasteiger partial charge in [-0.25, -0.2) is 12.7 Å². The molecule has 0 saturated carbocycles. The van der Waals surface area contributed by atoms with Crippen molar-refractivity contribution >= 4 is 21.7 Å². The molecule has 1 aromatic rings. The fraction of sp³-hybridized carbons (Fsp3) is 0.632. The van der Waals surface area contributed by atoms with Gasteiger partial charge in [-0.05, 0) is 25.5 Å². The van der Waals surface area contributed by atoms with Gasteiger partial charge in [0, 0.05) is 58.1 Å². The van der Waals surface area contributed by atoms with Gasteiger partial charge in [-0.15, -0.1) is 0 Å². The van der Waals surface area contributed by atoms with E-state index in [1.807, 2.05) is 38.1 Å². The lowest BCUT2D eigenvalue weighted by molar-refractivity contribution is 0.172. The second-order valence-electron chi connectivity index (χ2n) is 6.22. The monoisotopic (exact) mass is 414 g/mol. The molecule has 1 aromatic carbocycles. The molecule has 0 atom stereocenters. The van der Waals surface area contributed by atoms with Gasteiger partial charge in [0.05, 0.1) is 12.9 Å². The Morgan fingerprint density at radius 1 is 1.21 bits per heavy atom. The van der Waals surface area contributed by atoms with Crippen LogP contribution in [-0.4, -0.2) is 71.4 Å². The molecule has 0 unspecified atom stereocenters. The largest absolute Gasteiger partial charge is 0.493 e. The summed E-state index contributed by atoms with van der Waals surface area (Å²) in [7, 11) is -1.49. The predicted octanol–water partition coefficient (Wildman–Crippen LogP) is 2.15. The summed E-state index contributed by atoms with van der Waals surface area (Å²) in [5.74, 6) is 1.44. The van der Waals surface area contributed by atoms with Crippen molar-refractivity contribution in [3.63, 3.8) is 0 Å². The first-order valence-electron chi connectivity index (χ1n) is 9.63. The standard InChI is InChI=1S/C19H34N4O4S/c1-5-20-19(21-12-8-13-23(6-2)28(4,24)25)22-17-10-7-11-18(16-17)27-15-9-14-26-3/h7,10-11,16H,5-6,8-9,12-15H2,1-4H3,(H2,20,21,22). The summed E-state index contributed by atoms with van der Waals surface area (Å²) in [5, 5.41) is 6.45. The van der Waals surface area contributed by atoms with Crippen molar-refractivity contribution in [1.29, 1.82) is 0 Å². The van der Waals surface area contributed by atoms with Gasteiger partial charge in [0.25, 0.3) is 0 Å². The van der Waals surface area contributed by atoms with E-state index in [1.54, 1.807) is 7.11 Å². The third-order valence-electron chi connectivity index (χ3n) is 3.86. The average molecular weight is 415 g/mol. The van der Waals surface area contributed by atoms with Gasteiger partial charge in [0.1, 0.15) is 5.75 Å². The van der Waals surface area contributed by atoms with Gasteiger partial charge in [0.15, 0.2) is 5.96 Å². The molecule has 0 aliphatic rings. The average Bonchev–Trinajstić information content (AvgIpc) is 2.64. The number of nitrogens with zero attached hydrogens (tertiary/aromatic N) is 2. The first-order valence-corrected chi connectivity index (χ1v) is 11.5. The number of guanidine groups is 1. The zero-order valence-corrected chi connectivity index (χ0v) is 18.2. The van der Waals surface area contributed by atoms with Crippen LogP contribution in [0.25, 0.3) is 0 Å². The Balaban J connectivity index is 2.60. The van der Waals surface area contributed by atoms with E-state index in [4.69, 9.17) is 9.47 Å². The van der Waals surface area contributed by atoms with E-state index in [9.17, 15) is 8.42 Å². The van der Waals surface area contributed by atoms with Gasteiger partial charge < -0.3 is 20.1 Å². The smallest absolute Gasteiger partial charge is 0.211 e. The molecular formula is C19H34N4O4S. The van der Waals surface area contributed by atoms with Crippen LogP contribution in [-0.2, 0) is 14.8 Å². The van der Waals surface area contributed by atoms with Crippen LogP contribution in [0.15, 0.2) is 29.3 Å². The Labute approximate surface area is 169 Å². The number of hydrogen-bond acceptors (Lipinski definition) is 5. The predicted molar refractivity (Wildman–Crippen MR) is 115 cm³/mol. The summed E-state index contributed by atoms with van der Waals surface area (Å²) in [6.07, 6.45) is 2.72. The SMILES string of the molecule is CCNC(=NCCCN(CC)S(C)(=O)=O)Nc1cccc(OCCCOC)c1. The van der Waals surface area contributed by atoms with E-state index in [1.165, 1.54) is 10.6 Å². The lowest BCUT2D eigenvalue weighted by Gasteiger charge is -2.17. The van der Waals surface area contributed by atoms with Crippen LogP contribution in [0.4, 0.5) is 5.69 Å². The summed E-state index contributed by atoms with van der Waals surface area (Å²) in [6.45, 7) is 7.28. The van der Waals surface area contributed by atoms with Crippen molar-refractivity contribution in [1.82, 2.24) is 9.62 Å². The molecule has 0 amide bonds. The summed E-state index contributed by atoms with van der Waals surface area (Å²) >= 11 is 0. The molecular weight excluding hydrogens is 380 g/mol. The Kier molecular flexibility index (Phi) is 11.5. The van der Waals surface area contributed by atoms with E-state index in [-0.39, 0.29) is 0 Å². The Hall–Kier alpha value is -1.84. The fourth-order valence-electron chi connectivity index (χ4n) is 2.50. The highest BCUT2D eigenvalue weighted by Gasteiger charge is 2.13. The molecule has 0 aromatic heterocycles. The number of aliphatic imine (C=N–C) groups is 1. The number of anilines is 1. The zero-order chi connectivity index (χ0) is 20.8. The first-order chi connectivity index (χ1) is 13.4. The molecule has 28 heavy (non-hydrogen) atoms. The van der Waals surface area contributed by atoms with Gasteiger partial charge >= 0.3 is 0 Å². The number of ether oxygens (including phenoxy) is 2. The van der Waals surface area contributed by atoms with E-state index < -0.39 is 10.0 Å². The molecule has 9 heteroatoms. The maximum absolute atomic E-state index is 11.6. The van der Waals surface area contributed by atoms with Crippen LogP contribution < -0.4 is 15.4 Å². The maximum Gasteiger partial charge on any atom is 0.211 e. The lowest BCUT2D eigenvalue weighted by Crippen LogP contribution is -2.32. The van der Waals surface area contributed by atoms with Crippen LogP contribution in [0.2, 0.25) is 0 Å². The summed E-state index contributed by atoms with van der Waals surface area (Å²) in [5.41, 5.74) is 0.871. The molecule has 0 aliphatic carbocycles. The minimum atomic E-state index is -3.16. The first kappa shape index (κ1) is 24.2. The van der Waals surface area contributed by atoms with Gasteiger partial charge in [-0.2, -0.15) is 0 Å². The van der Waals surface area contributed by atoms with Crippen molar-refractivity contribution in [3.8, 4) is 5.75 Å². The van der Waals surface area contributed by atoms with Crippen LogP contribution in [0.1, 0.15) is 26.7 Å². The Morgan fingerprint density at radius 3 is 2.64 bits per heavy atom. The summed E-state index contributed by atoms with van der Waals surface area (Å²) in [6, 6.07) is 7.69. The number of methoxy groups -OCH3 is 1. The highest BCUT2D eigenvalue weighted by molar-refractivity contribution is 7.88. The van der Waals surface area contributed by atoms with E-state index in [0.717, 1.165) is 24.4 Å². The Bertz CT molecular complexity index is 695. The molecule has 0 radical (unpaired) electrons. The van der Waals surface area contributed by atoms with Crippen molar-refractivity contribution < 1.29 is 17.9 Å². The van der Waals surface area contributed by atoms with Crippen molar-refractivity contribution in [3.05, 3.63) is 24.3 Å². The third-order valence-corrected chi connectivity index (χ3v) is 5.24. The minimum Gasteiger partial charge on any atom is -0.493 e. The number of nitrogens with one attached hydrogen (secondary N) is 2. The number of rotatable bonds is 13. The molecule has 1 rings (SSSR count). The van der Waals surface area contributed by atoms with E-state index >= 15 is 0 Å². The molecule has 2 N–H and O–H groups in total. The van der Waals surface area contributed by atoms with Crippen LogP contribution in [0, 0.1) is 0 Å². The zero-order valence-electron chi connectivity index (χ0n) is 17.4. The van der Waals surface area contributed by atoms with Crippen molar-refractivity contribution in [2.45, 2.75) is 26.7 Å². The summed E-state index contributed by atoms with van der Waals surface area (Å²) in [4.78, 5) is 4.53. The second kappa shape index (κ2) is 13.4. The fourth-order valence-corrected chi connectivity index (χ4v) is 3.43. The molecule has 0 spiro atoms. The number of benzene rings is 1. The number of sulfonamides is 1. The molecule has 0 bridgehead atoms. The van der Waals surface area contributed by atoms with Gasteiger partial charge in [-0.1, -0.05) is 13.0 Å². The Morgan fingerprint density at radius 2 is 2.00 bits per heavy atom. The highest BCUT2D eigenvalue weighted by atomic mass is 32.2. The summed E-state index contributed by atoms with van der Waals surface area (Å²) < 4.78 is 35.4. The van der Waals surface area contributed by atoms with Crippen molar-refractivity contribution in [2.75, 3.05) is 58.1 Å². The molecule has 8 nitrogen and oxygen atoms in total. The topological polar surface area (TPSA) is 92.3 Å². The molecule has 0 fully saturated rings. The maximum atomic E-state index is 11.6. The highest BCUT2D eigenvalue weighted by Crippen LogP contribution is 2.17. The molecule has 0 heterocycles. The van der Waals surface area contributed by atoms with Gasteiger partial charge in [0.2, 0.25) is 10.0 Å². The van der Waals surface area contributed by atoms with E-state index in [2.05, 4.69) is 15.6 Å². The van der Waals surface area contributed by atoms with Crippen LogP contribution in [0.3, 0.4) is 0 Å². The van der Waals surface area contributed by atoms with Crippen LogP contribution >= 0.6 is 0 Å². The molecule has 160 valence electrons. The quantitative estimate of drug-likeness (QED) is 0.292. The lowest BCUT2D eigenvalue weighted by atomic mass is 10.3. The minimum absolute atomic E-state index is 0.461. The molecule has 0 aliphatic heterocycles. The normalized spacial score (nSPS) is 12.2. The molecule has 0 saturated heterocycles.